The molecule has 2 heterocycles. The first kappa shape index (κ1) is 24.1. The van der Waals surface area contributed by atoms with Gasteiger partial charge >= 0.3 is 11.9 Å². The van der Waals surface area contributed by atoms with E-state index in [0.29, 0.717) is 15.2 Å². The summed E-state index contributed by atoms with van der Waals surface area (Å²) in [5.74, 6) is -1.29. The summed E-state index contributed by atoms with van der Waals surface area (Å²) in [6.07, 6.45) is -4.82. The molecule has 1 aromatic carbocycles. The first-order valence-electron chi connectivity index (χ1n) is 9.30. The number of amides is 1. The van der Waals surface area contributed by atoms with Crippen LogP contribution >= 0.6 is 11.6 Å². The standard InChI is InChI=1S/C18H17ClF3N7O4/c1-27-16(32)12(15(31)23-9-18(20,21)22)6-28(17(27)33)8-14-24-26-29(25-14)7-13(30)10-2-4-11(19)5-3-10/h2-6,13,30H,7-9H2,1H3,(H,23,31)/t13-/m0/s1. The van der Waals surface area contributed by atoms with Gasteiger partial charge in [0.15, 0.2) is 5.82 Å². The maximum Gasteiger partial charge on any atom is 0.405 e. The van der Waals surface area contributed by atoms with Crippen LogP contribution in [-0.4, -0.2) is 53.1 Å². The lowest BCUT2D eigenvalue weighted by Crippen LogP contribution is -2.44. The van der Waals surface area contributed by atoms with E-state index < -0.39 is 41.5 Å². The van der Waals surface area contributed by atoms with E-state index in [2.05, 4.69) is 15.4 Å². The van der Waals surface area contributed by atoms with Crippen molar-refractivity contribution in [1.82, 2.24) is 34.7 Å². The number of aliphatic hydroxyl groups excluding tert-OH is 1. The molecule has 3 rings (SSSR count). The molecule has 0 aliphatic carbocycles. The smallest absolute Gasteiger partial charge is 0.386 e. The largest absolute Gasteiger partial charge is 0.405 e. The van der Waals surface area contributed by atoms with Crippen molar-refractivity contribution in [2.45, 2.75) is 25.4 Å². The Hall–Kier alpha value is -3.52. The molecule has 0 aliphatic heterocycles. The highest BCUT2D eigenvalue weighted by atomic mass is 35.5. The number of tetrazole rings is 1. The number of benzene rings is 1. The molecule has 0 unspecified atom stereocenters. The number of alkyl halides is 3. The monoisotopic (exact) mass is 487 g/mol. The van der Waals surface area contributed by atoms with Gasteiger partial charge in [0.2, 0.25) is 0 Å². The molecule has 15 heteroatoms. The Morgan fingerprint density at radius 3 is 2.55 bits per heavy atom. The summed E-state index contributed by atoms with van der Waals surface area (Å²) in [5.41, 5.74) is -2.00. The molecule has 0 bridgehead atoms. The second-order valence-corrected chi connectivity index (χ2v) is 7.38. The molecule has 0 aliphatic rings. The number of rotatable bonds is 7. The lowest BCUT2D eigenvalue weighted by molar-refractivity contribution is -0.123. The Bertz CT molecular complexity index is 1270. The number of aliphatic hydroxyl groups is 1. The zero-order valence-electron chi connectivity index (χ0n) is 17.0. The minimum Gasteiger partial charge on any atom is -0.386 e. The summed E-state index contributed by atoms with van der Waals surface area (Å²) in [5, 5.41) is 24.0. The highest BCUT2D eigenvalue weighted by Gasteiger charge is 2.29. The molecular weight excluding hydrogens is 471 g/mol. The summed E-state index contributed by atoms with van der Waals surface area (Å²) in [6, 6.07) is 6.46. The van der Waals surface area contributed by atoms with Gasteiger partial charge in [0.05, 0.1) is 13.1 Å². The molecule has 176 valence electrons. The Kier molecular flexibility index (Phi) is 6.98. The molecule has 0 saturated heterocycles. The minimum absolute atomic E-state index is 0.000653. The van der Waals surface area contributed by atoms with Crippen molar-refractivity contribution >= 4 is 17.5 Å². The van der Waals surface area contributed by atoms with E-state index in [0.717, 1.165) is 22.6 Å². The molecule has 1 atom stereocenters. The van der Waals surface area contributed by atoms with Crippen molar-refractivity contribution in [3.05, 3.63) is 73.3 Å². The highest BCUT2D eigenvalue weighted by Crippen LogP contribution is 2.17. The van der Waals surface area contributed by atoms with Crippen molar-refractivity contribution in [2.24, 2.45) is 7.05 Å². The van der Waals surface area contributed by atoms with Crippen molar-refractivity contribution in [2.75, 3.05) is 6.54 Å². The average molecular weight is 488 g/mol. The van der Waals surface area contributed by atoms with Crippen LogP contribution in [0, 0.1) is 0 Å². The lowest BCUT2D eigenvalue weighted by atomic mass is 10.1. The van der Waals surface area contributed by atoms with E-state index in [1.54, 1.807) is 29.6 Å². The summed E-state index contributed by atoms with van der Waals surface area (Å²) in [6.45, 7) is -2.04. The van der Waals surface area contributed by atoms with Crippen LogP contribution in [-0.2, 0) is 20.1 Å². The second kappa shape index (κ2) is 9.54. The minimum atomic E-state index is -4.67. The third-order valence-corrected chi connectivity index (χ3v) is 4.70. The van der Waals surface area contributed by atoms with Gasteiger partial charge in [-0.05, 0) is 22.9 Å². The predicted molar refractivity (Wildman–Crippen MR) is 108 cm³/mol. The van der Waals surface area contributed by atoms with Gasteiger partial charge in [-0.15, -0.1) is 10.2 Å². The summed E-state index contributed by atoms with van der Waals surface area (Å²) in [7, 11) is 1.08. The van der Waals surface area contributed by atoms with Crippen LogP contribution in [0.4, 0.5) is 13.2 Å². The zero-order valence-corrected chi connectivity index (χ0v) is 17.7. The molecule has 2 aromatic heterocycles. The number of nitrogens with zero attached hydrogens (tertiary/aromatic N) is 6. The fraction of sp³-hybridized carbons (Fsp3) is 0.333. The highest BCUT2D eigenvalue weighted by molar-refractivity contribution is 6.30. The molecule has 11 nitrogen and oxygen atoms in total. The Morgan fingerprint density at radius 2 is 1.91 bits per heavy atom. The van der Waals surface area contributed by atoms with E-state index in [1.165, 1.54) is 0 Å². The van der Waals surface area contributed by atoms with Crippen molar-refractivity contribution in [3.63, 3.8) is 0 Å². The van der Waals surface area contributed by atoms with Gasteiger partial charge < -0.3 is 10.4 Å². The molecule has 0 fully saturated rings. The topological polar surface area (TPSA) is 137 Å². The molecule has 3 aromatic rings. The number of hydrogen-bond acceptors (Lipinski definition) is 7. The summed E-state index contributed by atoms with van der Waals surface area (Å²) < 4.78 is 38.5. The van der Waals surface area contributed by atoms with Gasteiger partial charge in [-0.3, -0.25) is 18.7 Å². The first-order chi connectivity index (χ1) is 15.4. The number of carbonyl (C=O) groups is 1. The van der Waals surface area contributed by atoms with Crippen LogP contribution in [0.3, 0.4) is 0 Å². The second-order valence-electron chi connectivity index (χ2n) is 6.94. The number of nitrogens with one attached hydrogen (secondary N) is 1. The third kappa shape index (κ3) is 6.04. The van der Waals surface area contributed by atoms with Crippen molar-refractivity contribution < 1.29 is 23.1 Å². The van der Waals surface area contributed by atoms with E-state index in [4.69, 9.17) is 11.6 Å². The zero-order chi connectivity index (χ0) is 24.3. The fourth-order valence-corrected chi connectivity index (χ4v) is 2.91. The summed E-state index contributed by atoms with van der Waals surface area (Å²) >= 11 is 5.81. The molecule has 2 N–H and O–H groups in total. The van der Waals surface area contributed by atoms with E-state index in [-0.39, 0.29) is 18.9 Å². The summed E-state index contributed by atoms with van der Waals surface area (Å²) in [4.78, 5) is 37.6. The van der Waals surface area contributed by atoms with E-state index >= 15 is 0 Å². The number of halogens is 4. The molecule has 1 amide bonds. The average Bonchev–Trinajstić information content (AvgIpc) is 3.19. The quantitative estimate of drug-likeness (QED) is 0.487. The molecule has 0 saturated carbocycles. The van der Waals surface area contributed by atoms with Gasteiger partial charge in [0.1, 0.15) is 18.2 Å². The van der Waals surface area contributed by atoms with Crippen molar-refractivity contribution in [3.8, 4) is 0 Å². The SMILES string of the molecule is Cn1c(=O)c(C(=O)NCC(F)(F)F)cn(Cc2nnn(C[C@H](O)c3ccc(Cl)cc3)n2)c1=O. The maximum atomic E-state index is 12.4. The van der Waals surface area contributed by atoms with Crippen LogP contribution in [0.25, 0.3) is 0 Å². The van der Waals surface area contributed by atoms with Crippen LogP contribution in [0.15, 0.2) is 40.1 Å². The molecule has 0 spiro atoms. The van der Waals surface area contributed by atoms with Crippen LogP contribution in [0.1, 0.15) is 27.8 Å². The number of aromatic nitrogens is 6. The third-order valence-electron chi connectivity index (χ3n) is 4.44. The number of hydrogen-bond donors (Lipinski definition) is 2. The van der Waals surface area contributed by atoms with Crippen LogP contribution in [0.2, 0.25) is 5.02 Å². The number of carbonyl (C=O) groups excluding carboxylic acids is 1. The first-order valence-corrected chi connectivity index (χ1v) is 9.68. The van der Waals surface area contributed by atoms with E-state index in [1.807, 2.05) is 0 Å². The maximum absolute atomic E-state index is 12.4. The Balaban J connectivity index is 1.78. The Morgan fingerprint density at radius 1 is 1.24 bits per heavy atom. The Labute approximate surface area is 188 Å². The molecule has 33 heavy (non-hydrogen) atoms. The van der Waals surface area contributed by atoms with Gasteiger partial charge in [0.25, 0.3) is 11.5 Å². The van der Waals surface area contributed by atoms with Crippen LogP contribution < -0.4 is 16.6 Å². The van der Waals surface area contributed by atoms with Gasteiger partial charge in [-0.2, -0.15) is 18.0 Å². The van der Waals surface area contributed by atoms with Crippen molar-refractivity contribution in [1.29, 1.82) is 0 Å². The normalized spacial score (nSPS) is 12.5. The van der Waals surface area contributed by atoms with Gasteiger partial charge in [-0.25, -0.2) is 4.79 Å². The van der Waals surface area contributed by atoms with Gasteiger partial charge in [0, 0.05) is 18.3 Å². The van der Waals surface area contributed by atoms with Crippen LogP contribution in [0.5, 0.6) is 0 Å². The predicted octanol–water partition coefficient (Wildman–Crippen LogP) is 0.261. The molecular formula is C18H17ClF3N7O4. The fourth-order valence-electron chi connectivity index (χ4n) is 2.79. The van der Waals surface area contributed by atoms with E-state index in [9.17, 15) is 32.7 Å². The lowest BCUT2D eigenvalue weighted by Gasteiger charge is -2.11. The molecule has 0 radical (unpaired) electrons. The van der Waals surface area contributed by atoms with Gasteiger partial charge in [-0.1, -0.05) is 23.7 Å².